The van der Waals surface area contributed by atoms with E-state index in [0.29, 0.717) is 0 Å². The lowest BCUT2D eigenvalue weighted by atomic mass is 9.92. The minimum Gasteiger partial charge on any atom is -0.345 e. The summed E-state index contributed by atoms with van der Waals surface area (Å²) < 4.78 is 160. The van der Waals surface area contributed by atoms with Crippen LogP contribution in [0.3, 0.4) is 0 Å². The maximum absolute atomic E-state index is 13.3. The first-order valence-electron chi connectivity index (χ1n) is 9.61. The van der Waals surface area contributed by atoms with Crippen LogP contribution in [0.2, 0.25) is 0 Å². The Morgan fingerprint density at radius 1 is 0.667 bits per heavy atom. The normalized spacial score (nSPS) is 14.2. The average Bonchev–Trinajstić information content (AvgIpc) is 2.68. The third-order valence-corrected chi connectivity index (χ3v) is 4.98. The Morgan fingerprint density at radius 2 is 0.944 bits per heavy atom. The van der Waals surface area contributed by atoms with Crippen LogP contribution in [0.1, 0.15) is 52.8 Å². The number of alkyl halides is 13. The van der Waals surface area contributed by atoms with Crippen LogP contribution >= 0.6 is 15.9 Å². The summed E-state index contributed by atoms with van der Waals surface area (Å²) in [6, 6.07) is -2.30. The Balaban J connectivity index is 2.88. The molecule has 0 saturated heterocycles. The van der Waals surface area contributed by atoms with Crippen molar-refractivity contribution in [1.82, 2.24) is 5.32 Å². The molecular weight excluding hydrogens is 590 g/mol. The lowest BCUT2D eigenvalue weighted by Gasteiger charge is -2.24. The van der Waals surface area contributed by atoms with E-state index < -0.39 is 81.3 Å². The number of rotatable bonds is 5. The molecule has 1 atom stereocenters. The number of halogens is 13. The maximum atomic E-state index is 13.3. The highest BCUT2D eigenvalue weighted by Gasteiger charge is 2.40. The SMILES string of the molecule is CC(Br)CC(=O)NC(c1cc(C(F)(F)F)cc(C(F)(F)F)c1)c1cc(C(F)(F)F)cc(C(F)(F)F)c1. The number of carbonyl (C=O) groups excluding carboxylic acids is 1. The maximum Gasteiger partial charge on any atom is 0.416 e. The first kappa shape index (κ1) is 29.8. The summed E-state index contributed by atoms with van der Waals surface area (Å²) in [4.78, 5) is 11.7. The smallest absolute Gasteiger partial charge is 0.345 e. The summed E-state index contributed by atoms with van der Waals surface area (Å²) >= 11 is 2.97. The molecule has 0 fully saturated rings. The number of hydrogen-bond acceptors (Lipinski definition) is 1. The molecule has 0 spiro atoms. The van der Waals surface area contributed by atoms with Crippen molar-refractivity contribution in [2.75, 3.05) is 0 Å². The molecule has 1 amide bonds. The van der Waals surface area contributed by atoms with Gasteiger partial charge in [-0.1, -0.05) is 22.9 Å². The lowest BCUT2D eigenvalue weighted by molar-refractivity contribution is -0.144. The van der Waals surface area contributed by atoms with Crippen molar-refractivity contribution >= 4 is 21.8 Å². The predicted molar refractivity (Wildman–Crippen MR) is 106 cm³/mol. The Kier molecular flexibility index (Phi) is 8.38. The van der Waals surface area contributed by atoms with Crippen LogP contribution in [0.5, 0.6) is 0 Å². The van der Waals surface area contributed by atoms with E-state index in [2.05, 4.69) is 15.9 Å². The number of benzene rings is 2. The highest BCUT2D eigenvalue weighted by Crippen LogP contribution is 2.41. The van der Waals surface area contributed by atoms with E-state index in [9.17, 15) is 57.5 Å². The van der Waals surface area contributed by atoms with Crippen molar-refractivity contribution in [3.8, 4) is 0 Å². The fraction of sp³-hybridized carbons (Fsp3) is 0.381. The van der Waals surface area contributed by atoms with Gasteiger partial charge in [-0.2, -0.15) is 52.7 Å². The molecule has 0 radical (unpaired) electrons. The van der Waals surface area contributed by atoms with E-state index in [0.717, 1.165) is 0 Å². The number of carbonyl (C=O) groups is 1. The quantitative estimate of drug-likeness (QED) is 0.271. The second kappa shape index (κ2) is 10.1. The van der Waals surface area contributed by atoms with E-state index in [1.54, 1.807) is 0 Å². The molecule has 36 heavy (non-hydrogen) atoms. The van der Waals surface area contributed by atoms with Crippen LogP contribution in [0.15, 0.2) is 36.4 Å². The highest BCUT2D eigenvalue weighted by atomic mass is 79.9. The second-order valence-corrected chi connectivity index (χ2v) is 9.23. The zero-order chi connectivity index (χ0) is 27.9. The topological polar surface area (TPSA) is 29.1 Å². The molecule has 2 nitrogen and oxygen atoms in total. The van der Waals surface area contributed by atoms with Crippen LogP contribution in [0, 0.1) is 0 Å². The summed E-state index contributed by atoms with van der Waals surface area (Å²) in [5, 5.41) is 1.96. The van der Waals surface area contributed by atoms with Crippen LogP contribution in [-0.4, -0.2) is 10.7 Å². The van der Waals surface area contributed by atoms with Crippen molar-refractivity contribution in [2.45, 2.75) is 48.9 Å². The standard InChI is InChI=1S/C21H14BrF12NO/c1-9(22)2-16(36)35-17(10-3-12(18(23,24)25)7-13(4-10)19(26,27)28)11-5-14(20(29,30)31)8-15(6-11)21(32,33)34/h3-9,17H,2H2,1H3,(H,35,36). The summed E-state index contributed by atoms with van der Waals surface area (Å²) in [6.07, 6.45) is -21.9. The molecule has 0 aliphatic heterocycles. The van der Waals surface area contributed by atoms with Gasteiger partial charge in [0.1, 0.15) is 0 Å². The van der Waals surface area contributed by atoms with Gasteiger partial charge in [-0.3, -0.25) is 4.79 Å². The number of hydrogen-bond donors (Lipinski definition) is 1. The average molecular weight is 604 g/mol. The summed E-state index contributed by atoms with van der Waals surface area (Å²) in [6.45, 7) is 1.42. The van der Waals surface area contributed by atoms with E-state index in [1.807, 2.05) is 5.32 Å². The molecule has 2 aromatic rings. The Morgan fingerprint density at radius 3 is 1.17 bits per heavy atom. The van der Waals surface area contributed by atoms with Gasteiger partial charge in [0.25, 0.3) is 0 Å². The van der Waals surface area contributed by atoms with Gasteiger partial charge in [0.05, 0.1) is 28.3 Å². The summed E-state index contributed by atoms with van der Waals surface area (Å²) in [5.41, 5.74) is -9.54. The van der Waals surface area contributed by atoms with Crippen molar-refractivity contribution in [1.29, 1.82) is 0 Å². The highest BCUT2D eigenvalue weighted by molar-refractivity contribution is 9.09. The molecule has 0 saturated carbocycles. The molecule has 0 aliphatic rings. The van der Waals surface area contributed by atoms with Crippen LogP contribution in [0.25, 0.3) is 0 Å². The van der Waals surface area contributed by atoms with Gasteiger partial charge >= 0.3 is 24.7 Å². The molecule has 1 N–H and O–H groups in total. The van der Waals surface area contributed by atoms with Gasteiger partial charge in [-0.25, -0.2) is 0 Å². The van der Waals surface area contributed by atoms with Gasteiger partial charge < -0.3 is 5.32 Å². The minimum atomic E-state index is -5.36. The molecule has 0 heterocycles. The summed E-state index contributed by atoms with van der Waals surface area (Å²) in [7, 11) is 0. The Labute approximate surface area is 203 Å². The molecule has 15 heteroatoms. The fourth-order valence-corrected chi connectivity index (χ4v) is 3.42. The lowest BCUT2D eigenvalue weighted by Crippen LogP contribution is -2.31. The molecule has 0 aliphatic carbocycles. The molecule has 1 unspecified atom stereocenters. The number of nitrogens with one attached hydrogen (secondary N) is 1. The van der Waals surface area contributed by atoms with Gasteiger partial charge in [0.2, 0.25) is 5.91 Å². The van der Waals surface area contributed by atoms with E-state index >= 15 is 0 Å². The predicted octanol–water partition coefficient (Wildman–Crippen LogP) is 8.14. The Hall–Kier alpha value is -2.45. The van der Waals surface area contributed by atoms with Crippen LogP contribution < -0.4 is 5.32 Å². The van der Waals surface area contributed by atoms with Crippen molar-refractivity contribution in [3.05, 3.63) is 69.8 Å². The largest absolute Gasteiger partial charge is 0.416 e. The molecule has 0 aromatic heterocycles. The van der Waals surface area contributed by atoms with Crippen molar-refractivity contribution in [2.24, 2.45) is 0 Å². The zero-order valence-corrected chi connectivity index (χ0v) is 19.2. The number of amides is 1. The van der Waals surface area contributed by atoms with Crippen LogP contribution in [-0.2, 0) is 29.5 Å². The monoisotopic (exact) mass is 603 g/mol. The molecule has 2 aromatic carbocycles. The second-order valence-electron chi connectivity index (χ2n) is 7.66. The third-order valence-electron chi connectivity index (χ3n) is 4.66. The first-order valence-corrected chi connectivity index (χ1v) is 10.5. The van der Waals surface area contributed by atoms with Crippen molar-refractivity contribution in [3.63, 3.8) is 0 Å². The molecule has 2 rings (SSSR count). The summed E-state index contributed by atoms with van der Waals surface area (Å²) in [5.74, 6) is -1.07. The fourth-order valence-electron chi connectivity index (χ4n) is 3.13. The van der Waals surface area contributed by atoms with Crippen molar-refractivity contribution < 1.29 is 57.5 Å². The minimum absolute atomic E-state index is 0.116. The Bertz CT molecular complexity index is 960. The first-order chi connectivity index (χ1) is 16.1. The van der Waals surface area contributed by atoms with Gasteiger partial charge in [0.15, 0.2) is 0 Å². The molecule has 0 bridgehead atoms. The zero-order valence-electron chi connectivity index (χ0n) is 17.6. The molecule has 200 valence electrons. The van der Waals surface area contributed by atoms with E-state index in [-0.39, 0.29) is 36.4 Å². The van der Waals surface area contributed by atoms with Gasteiger partial charge in [-0.15, -0.1) is 0 Å². The van der Waals surface area contributed by atoms with E-state index in [1.165, 1.54) is 6.92 Å². The van der Waals surface area contributed by atoms with Gasteiger partial charge in [-0.05, 0) is 47.5 Å². The molecular formula is C21H14BrF12NO. The van der Waals surface area contributed by atoms with E-state index in [4.69, 9.17) is 0 Å². The van der Waals surface area contributed by atoms with Gasteiger partial charge in [0, 0.05) is 11.2 Å². The third kappa shape index (κ3) is 7.77. The van der Waals surface area contributed by atoms with Crippen LogP contribution in [0.4, 0.5) is 52.7 Å².